The largest absolute Gasteiger partial charge is 0.465 e. The van der Waals surface area contributed by atoms with Crippen molar-refractivity contribution in [3.05, 3.63) is 65.9 Å². The van der Waals surface area contributed by atoms with Crippen LogP contribution in [0.15, 0.2) is 54.7 Å². The monoisotopic (exact) mass is 393 g/mol. The van der Waals surface area contributed by atoms with Gasteiger partial charge >= 0.3 is 11.9 Å². The summed E-state index contributed by atoms with van der Waals surface area (Å²) in [7, 11) is 1.32. The molecule has 0 spiro atoms. The number of aromatic nitrogens is 3. The molecule has 0 aliphatic heterocycles. The van der Waals surface area contributed by atoms with Gasteiger partial charge in [-0.05, 0) is 43.3 Å². The van der Waals surface area contributed by atoms with Crippen molar-refractivity contribution in [2.75, 3.05) is 24.4 Å². The lowest BCUT2D eigenvalue weighted by Crippen LogP contribution is -2.07. The molecule has 2 N–H and O–H groups in total. The molecule has 1 heterocycles. The molecule has 9 heteroatoms. The third-order valence-electron chi connectivity index (χ3n) is 3.81. The summed E-state index contributed by atoms with van der Waals surface area (Å²) in [6, 6.07) is 13.6. The Kier molecular flexibility index (Phi) is 6.31. The molecular formula is C20H19N5O4. The Labute approximate surface area is 167 Å². The van der Waals surface area contributed by atoms with Crippen LogP contribution in [0.25, 0.3) is 0 Å². The van der Waals surface area contributed by atoms with E-state index < -0.39 is 5.97 Å². The van der Waals surface area contributed by atoms with Gasteiger partial charge in [0.2, 0.25) is 5.95 Å². The maximum atomic E-state index is 11.9. The standard InChI is InChI=1S/C20H19N5O4/c1-3-29-18(26)13-8-10-14(11-9-13)22-20-24-17(12-21-25-20)23-16-7-5-4-6-15(16)19(27)28-2/h4-12H,3H2,1-2H3,(H2,22,23,24,25). The fourth-order valence-corrected chi connectivity index (χ4v) is 2.47. The Morgan fingerprint density at radius 2 is 1.76 bits per heavy atom. The van der Waals surface area contributed by atoms with Crippen molar-refractivity contribution >= 4 is 35.1 Å². The summed E-state index contributed by atoms with van der Waals surface area (Å²) < 4.78 is 9.74. The molecule has 0 amide bonds. The number of carbonyl (C=O) groups excluding carboxylic acids is 2. The third kappa shape index (κ3) is 5.04. The molecule has 1 aromatic heterocycles. The van der Waals surface area contributed by atoms with E-state index in [0.29, 0.717) is 34.9 Å². The van der Waals surface area contributed by atoms with E-state index >= 15 is 0 Å². The molecule has 0 unspecified atom stereocenters. The summed E-state index contributed by atoms with van der Waals surface area (Å²) in [4.78, 5) is 27.9. The summed E-state index contributed by atoms with van der Waals surface area (Å²) in [5.74, 6) is -0.209. The average Bonchev–Trinajstić information content (AvgIpc) is 2.74. The van der Waals surface area contributed by atoms with Gasteiger partial charge in [-0.3, -0.25) is 0 Å². The normalized spacial score (nSPS) is 10.1. The Balaban J connectivity index is 1.74. The molecular weight excluding hydrogens is 374 g/mol. The first kappa shape index (κ1) is 19.7. The first-order valence-electron chi connectivity index (χ1n) is 8.79. The minimum atomic E-state index is -0.463. The number of rotatable bonds is 7. The van der Waals surface area contributed by atoms with Gasteiger partial charge in [-0.15, -0.1) is 5.10 Å². The van der Waals surface area contributed by atoms with Gasteiger partial charge in [-0.1, -0.05) is 12.1 Å². The number of benzene rings is 2. The number of hydrogen-bond donors (Lipinski definition) is 2. The van der Waals surface area contributed by atoms with Crippen LogP contribution in [0.3, 0.4) is 0 Å². The molecule has 3 aromatic rings. The zero-order valence-corrected chi connectivity index (χ0v) is 15.9. The minimum absolute atomic E-state index is 0.245. The van der Waals surface area contributed by atoms with Crippen LogP contribution in [0.4, 0.5) is 23.1 Å². The quantitative estimate of drug-likeness (QED) is 0.583. The molecule has 0 atom stereocenters. The highest BCUT2D eigenvalue weighted by atomic mass is 16.5. The number of nitrogens with zero attached hydrogens (tertiary/aromatic N) is 3. The second-order valence-corrected chi connectivity index (χ2v) is 5.75. The van der Waals surface area contributed by atoms with Crippen LogP contribution in [-0.2, 0) is 9.47 Å². The molecule has 0 bridgehead atoms. The topological polar surface area (TPSA) is 115 Å². The van der Waals surface area contributed by atoms with Gasteiger partial charge in [0.25, 0.3) is 0 Å². The Bertz CT molecular complexity index is 1010. The maximum absolute atomic E-state index is 11.9. The van der Waals surface area contributed by atoms with E-state index in [-0.39, 0.29) is 11.9 Å². The van der Waals surface area contributed by atoms with Gasteiger partial charge in [0.05, 0.1) is 36.7 Å². The van der Waals surface area contributed by atoms with Crippen LogP contribution in [0.5, 0.6) is 0 Å². The van der Waals surface area contributed by atoms with E-state index in [1.54, 1.807) is 55.5 Å². The minimum Gasteiger partial charge on any atom is -0.465 e. The number of hydrogen-bond acceptors (Lipinski definition) is 9. The second-order valence-electron chi connectivity index (χ2n) is 5.75. The third-order valence-corrected chi connectivity index (χ3v) is 3.81. The molecule has 0 saturated heterocycles. The highest BCUT2D eigenvalue weighted by molar-refractivity contribution is 5.96. The Hall–Kier alpha value is -4.01. The first-order chi connectivity index (χ1) is 14.1. The van der Waals surface area contributed by atoms with Crippen molar-refractivity contribution in [1.29, 1.82) is 0 Å². The zero-order chi connectivity index (χ0) is 20.6. The van der Waals surface area contributed by atoms with E-state index in [0.717, 1.165) is 0 Å². The first-order valence-corrected chi connectivity index (χ1v) is 8.79. The van der Waals surface area contributed by atoms with E-state index in [2.05, 4.69) is 25.8 Å². The number of para-hydroxylation sites is 1. The second kappa shape index (κ2) is 9.27. The highest BCUT2D eigenvalue weighted by Gasteiger charge is 2.12. The number of carbonyl (C=O) groups is 2. The molecule has 0 aliphatic carbocycles. The van der Waals surface area contributed by atoms with E-state index in [4.69, 9.17) is 9.47 Å². The van der Waals surface area contributed by atoms with Gasteiger partial charge in [0, 0.05) is 5.69 Å². The van der Waals surface area contributed by atoms with Crippen LogP contribution in [0.1, 0.15) is 27.6 Å². The van der Waals surface area contributed by atoms with Gasteiger partial charge in [0.15, 0.2) is 5.82 Å². The fourth-order valence-electron chi connectivity index (χ4n) is 2.47. The Morgan fingerprint density at radius 1 is 1.00 bits per heavy atom. The number of nitrogens with one attached hydrogen (secondary N) is 2. The van der Waals surface area contributed by atoms with Crippen molar-refractivity contribution in [2.24, 2.45) is 0 Å². The lowest BCUT2D eigenvalue weighted by molar-refractivity contribution is 0.0525. The van der Waals surface area contributed by atoms with Crippen LogP contribution in [0.2, 0.25) is 0 Å². The van der Waals surface area contributed by atoms with Crippen LogP contribution >= 0.6 is 0 Å². The molecule has 0 fully saturated rings. The van der Waals surface area contributed by atoms with Crippen molar-refractivity contribution in [1.82, 2.24) is 15.2 Å². The number of methoxy groups -OCH3 is 1. The fraction of sp³-hybridized carbons (Fsp3) is 0.150. The molecule has 9 nitrogen and oxygen atoms in total. The predicted molar refractivity (Wildman–Crippen MR) is 107 cm³/mol. The van der Waals surface area contributed by atoms with Crippen molar-refractivity contribution in [2.45, 2.75) is 6.92 Å². The lowest BCUT2D eigenvalue weighted by Gasteiger charge is -2.10. The van der Waals surface area contributed by atoms with Gasteiger partial charge in [-0.25, -0.2) is 9.59 Å². The molecule has 3 rings (SSSR count). The Morgan fingerprint density at radius 3 is 2.48 bits per heavy atom. The molecule has 29 heavy (non-hydrogen) atoms. The lowest BCUT2D eigenvalue weighted by atomic mass is 10.2. The highest BCUT2D eigenvalue weighted by Crippen LogP contribution is 2.21. The van der Waals surface area contributed by atoms with Crippen LogP contribution in [0, 0.1) is 0 Å². The maximum Gasteiger partial charge on any atom is 0.339 e. The molecule has 148 valence electrons. The SMILES string of the molecule is CCOC(=O)c1ccc(Nc2nncc(Nc3ccccc3C(=O)OC)n2)cc1. The zero-order valence-electron chi connectivity index (χ0n) is 15.9. The van der Waals surface area contributed by atoms with Crippen LogP contribution in [-0.4, -0.2) is 40.8 Å². The van der Waals surface area contributed by atoms with E-state index in [1.807, 2.05) is 0 Å². The van der Waals surface area contributed by atoms with Crippen LogP contribution < -0.4 is 10.6 Å². The summed E-state index contributed by atoms with van der Waals surface area (Å²) in [6.07, 6.45) is 1.43. The predicted octanol–water partition coefficient (Wildman–Crippen LogP) is 3.32. The van der Waals surface area contributed by atoms with E-state index in [9.17, 15) is 9.59 Å². The van der Waals surface area contributed by atoms with Crippen molar-refractivity contribution < 1.29 is 19.1 Å². The number of esters is 2. The molecule has 2 aromatic carbocycles. The molecule has 0 radical (unpaired) electrons. The average molecular weight is 393 g/mol. The summed E-state index contributed by atoms with van der Waals surface area (Å²) in [5.41, 5.74) is 2.03. The number of anilines is 4. The smallest absolute Gasteiger partial charge is 0.339 e. The van der Waals surface area contributed by atoms with Crippen molar-refractivity contribution in [3.8, 4) is 0 Å². The summed E-state index contributed by atoms with van der Waals surface area (Å²) >= 11 is 0. The van der Waals surface area contributed by atoms with Gasteiger partial charge in [0.1, 0.15) is 0 Å². The summed E-state index contributed by atoms with van der Waals surface area (Å²) in [5, 5.41) is 13.9. The van der Waals surface area contributed by atoms with Crippen molar-refractivity contribution in [3.63, 3.8) is 0 Å². The van der Waals surface area contributed by atoms with E-state index in [1.165, 1.54) is 13.3 Å². The molecule has 0 saturated carbocycles. The van der Waals surface area contributed by atoms with Gasteiger partial charge in [-0.2, -0.15) is 10.1 Å². The number of ether oxygens (including phenoxy) is 2. The summed E-state index contributed by atoms with van der Waals surface area (Å²) in [6.45, 7) is 2.07. The molecule has 0 aliphatic rings. The van der Waals surface area contributed by atoms with Gasteiger partial charge < -0.3 is 20.1 Å².